The Hall–Kier alpha value is -2.59. The molecule has 0 aromatic heterocycles. The predicted octanol–water partition coefficient (Wildman–Crippen LogP) is 3.78. The van der Waals surface area contributed by atoms with Crippen LogP contribution in [0.5, 0.6) is 0 Å². The molecule has 0 radical (unpaired) electrons. The van der Waals surface area contributed by atoms with Gasteiger partial charge in [0.2, 0.25) is 0 Å². The molecule has 0 bridgehead atoms. The van der Waals surface area contributed by atoms with Crippen molar-refractivity contribution in [1.82, 2.24) is 4.90 Å². The maximum atomic E-state index is 12.5. The van der Waals surface area contributed by atoms with Gasteiger partial charge in [0.05, 0.1) is 5.57 Å². The van der Waals surface area contributed by atoms with Crippen LogP contribution in [0.2, 0.25) is 5.02 Å². The first-order chi connectivity index (χ1) is 11.4. The maximum absolute atomic E-state index is 12.5. The van der Waals surface area contributed by atoms with Crippen molar-refractivity contribution in [1.29, 1.82) is 0 Å². The van der Waals surface area contributed by atoms with Crippen molar-refractivity contribution in [2.45, 2.75) is 13.8 Å². The molecule has 0 spiro atoms. The van der Waals surface area contributed by atoms with Crippen LogP contribution in [0, 0.1) is 13.8 Å². The Morgan fingerprint density at radius 3 is 2.29 bits per heavy atom. The van der Waals surface area contributed by atoms with Crippen LogP contribution in [0.15, 0.2) is 48.2 Å². The van der Waals surface area contributed by atoms with Crippen molar-refractivity contribution in [2.75, 3.05) is 12.4 Å². The fourth-order valence-electron chi connectivity index (χ4n) is 2.62. The molecule has 0 aliphatic carbocycles. The summed E-state index contributed by atoms with van der Waals surface area (Å²) in [4.78, 5) is 26.2. The summed E-state index contributed by atoms with van der Waals surface area (Å²) in [7, 11) is 1.48. The van der Waals surface area contributed by atoms with Gasteiger partial charge in [-0.1, -0.05) is 47.5 Å². The summed E-state index contributed by atoms with van der Waals surface area (Å²) in [5.41, 5.74) is 3.98. The smallest absolute Gasteiger partial charge is 0.277 e. The van der Waals surface area contributed by atoms with E-state index in [1.54, 1.807) is 12.1 Å². The highest BCUT2D eigenvalue weighted by molar-refractivity contribution is 6.36. The van der Waals surface area contributed by atoms with Crippen LogP contribution in [-0.2, 0) is 9.59 Å². The van der Waals surface area contributed by atoms with E-state index in [0.29, 0.717) is 21.8 Å². The van der Waals surface area contributed by atoms with Crippen LogP contribution in [-0.4, -0.2) is 23.8 Å². The third kappa shape index (κ3) is 2.69. The molecule has 1 aliphatic heterocycles. The molecule has 5 heteroatoms. The van der Waals surface area contributed by atoms with Gasteiger partial charge in [-0.25, -0.2) is 0 Å². The Morgan fingerprint density at radius 1 is 0.958 bits per heavy atom. The van der Waals surface area contributed by atoms with Gasteiger partial charge in [0.1, 0.15) is 5.70 Å². The minimum atomic E-state index is -0.352. The molecule has 0 unspecified atom stereocenters. The van der Waals surface area contributed by atoms with Gasteiger partial charge in [0, 0.05) is 17.8 Å². The summed E-state index contributed by atoms with van der Waals surface area (Å²) >= 11 is 6.15. The van der Waals surface area contributed by atoms with Crippen molar-refractivity contribution in [3.63, 3.8) is 0 Å². The molecule has 0 fully saturated rings. The third-order valence-corrected chi connectivity index (χ3v) is 4.56. The second-order valence-corrected chi connectivity index (χ2v) is 6.23. The predicted molar refractivity (Wildman–Crippen MR) is 95.7 cm³/mol. The lowest BCUT2D eigenvalue weighted by molar-refractivity contribution is -0.135. The molecule has 4 nitrogen and oxygen atoms in total. The van der Waals surface area contributed by atoms with Gasteiger partial charge < -0.3 is 5.32 Å². The number of hydrogen-bond donors (Lipinski definition) is 1. The normalized spacial score (nSPS) is 14.6. The van der Waals surface area contributed by atoms with Crippen LogP contribution >= 0.6 is 11.6 Å². The molecule has 0 saturated heterocycles. The summed E-state index contributed by atoms with van der Waals surface area (Å²) in [5, 5.41) is 3.71. The van der Waals surface area contributed by atoms with Crippen LogP contribution in [0.3, 0.4) is 0 Å². The van der Waals surface area contributed by atoms with E-state index in [1.807, 2.05) is 44.2 Å². The molecule has 2 aromatic carbocycles. The van der Waals surface area contributed by atoms with Crippen molar-refractivity contribution in [3.8, 4) is 0 Å². The summed E-state index contributed by atoms with van der Waals surface area (Å²) in [6.07, 6.45) is 0. The van der Waals surface area contributed by atoms with Gasteiger partial charge in [-0.2, -0.15) is 0 Å². The van der Waals surface area contributed by atoms with Crippen molar-refractivity contribution in [3.05, 3.63) is 69.9 Å². The largest absolute Gasteiger partial charge is 0.350 e. The zero-order chi connectivity index (χ0) is 17.4. The minimum absolute atomic E-state index is 0.275. The van der Waals surface area contributed by atoms with E-state index in [0.717, 1.165) is 16.0 Å². The number of hydrogen-bond acceptors (Lipinski definition) is 3. The van der Waals surface area contributed by atoms with Crippen LogP contribution in [0.4, 0.5) is 5.69 Å². The van der Waals surface area contributed by atoms with E-state index in [4.69, 9.17) is 11.6 Å². The van der Waals surface area contributed by atoms with E-state index in [9.17, 15) is 9.59 Å². The number of carbonyl (C=O) groups is 2. The molecule has 3 rings (SSSR count). The Balaban J connectivity index is 2.12. The molecule has 0 atom stereocenters. The number of likely N-dealkylation sites (N-methyl/N-ethyl adjacent to an activating group) is 1. The summed E-state index contributed by atoms with van der Waals surface area (Å²) in [5.74, 6) is -0.666. The molecule has 1 aliphatic rings. The lowest BCUT2D eigenvalue weighted by atomic mass is 10.0. The highest BCUT2D eigenvalue weighted by Gasteiger charge is 2.36. The average Bonchev–Trinajstić information content (AvgIpc) is 2.77. The lowest BCUT2D eigenvalue weighted by Crippen LogP contribution is -2.28. The first-order valence-electron chi connectivity index (χ1n) is 7.56. The van der Waals surface area contributed by atoms with Crippen LogP contribution in [0.1, 0.15) is 16.7 Å². The summed E-state index contributed by atoms with van der Waals surface area (Å²) < 4.78 is 0. The van der Waals surface area contributed by atoms with Gasteiger partial charge >= 0.3 is 0 Å². The first kappa shape index (κ1) is 16.3. The number of rotatable bonds is 3. The molecule has 0 saturated carbocycles. The highest BCUT2D eigenvalue weighted by atomic mass is 35.5. The van der Waals surface area contributed by atoms with Crippen molar-refractivity contribution < 1.29 is 9.59 Å². The average molecular weight is 341 g/mol. The lowest BCUT2D eigenvalue weighted by Gasteiger charge is -2.12. The van der Waals surface area contributed by atoms with Crippen molar-refractivity contribution >= 4 is 34.7 Å². The number of imide groups is 1. The zero-order valence-electron chi connectivity index (χ0n) is 13.7. The third-order valence-electron chi connectivity index (χ3n) is 4.15. The summed E-state index contributed by atoms with van der Waals surface area (Å²) in [6.45, 7) is 3.84. The Labute approximate surface area is 145 Å². The molecular formula is C19H17ClN2O2. The SMILES string of the molecule is Cc1ccc(C2=C(Nc3cccc(Cl)c3C)C(=O)N(C)C2=O)cc1. The molecule has 2 aromatic rings. The number of carbonyl (C=O) groups excluding carboxylic acids is 2. The van der Waals surface area contributed by atoms with E-state index >= 15 is 0 Å². The number of amides is 2. The monoisotopic (exact) mass is 340 g/mol. The topological polar surface area (TPSA) is 49.4 Å². The van der Waals surface area contributed by atoms with Gasteiger partial charge in [-0.05, 0) is 37.1 Å². The second-order valence-electron chi connectivity index (χ2n) is 5.82. The van der Waals surface area contributed by atoms with Gasteiger partial charge in [-0.15, -0.1) is 0 Å². The van der Waals surface area contributed by atoms with Crippen LogP contribution < -0.4 is 5.32 Å². The number of nitrogens with zero attached hydrogens (tertiary/aromatic N) is 1. The van der Waals surface area contributed by atoms with E-state index in [-0.39, 0.29) is 17.5 Å². The van der Waals surface area contributed by atoms with Gasteiger partial charge in [0.15, 0.2) is 0 Å². The fraction of sp³-hybridized carbons (Fsp3) is 0.158. The molecule has 1 heterocycles. The second kappa shape index (κ2) is 6.13. The highest BCUT2D eigenvalue weighted by Crippen LogP contribution is 2.31. The zero-order valence-corrected chi connectivity index (χ0v) is 14.4. The maximum Gasteiger partial charge on any atom is 0.277 e. The number of halogens is 1. The molecule has 24 heavy (non-hydrogen) atoms. The van der Waals surface area contributed by atoms with E-state index < -0.39 is 0 Å². The van der Waals surface area contributed by atoms with E-state index in [1.165, 1.54) is 7.05 Å². The standard InChI is InChI=1S/C19H17ClN2O2/c1-11-7-9-13(10-8-11)16-17(19(24)22(3)18(16)23)21-15-6-4-5-14(20)12(15)2/h4-10,21H,1-3H3. The Kier molecular flexibility index (Phi) is 4.16. The van der Waals surface area contributed by atoms with Crippen molar-refractivity contribution in [2.24, 2.45) is 0 Å². The van der Waals surface area contributed by atoms with Gasteiger partial charge in [-0.3, -0.25) is 14.5 Å². The number of aryl methyl sites for hydroxylation is 1. The van der Waals surface area contributed by atoms with Crippen LogP contribution in [0.25, 0.3) is 5.57 Å². The number of benzene rings is 2. The molecular weight excluding hydrogens is 324 g/mol. The fourth-order valence-corrected chi connectivity index (χ4v) is 2.80. The first-order valence-corrected chi connectivity index (χ1v) is 7.94. The Morgan fingerprint density at radius 2 is 1.62 bits per heavy atom. The molecule has 122 valence electrons. The van der Waals surface area contributed by atoms with E-state index in [2.05, 4.69) is 5.32 Å². The Bertz CT molecular complexity index is 869. The quantitative estimate of drug-likeness (QED) is 0.865. The molecule has 2 amide bonds. The number of anilines is 1. The minimum Gasteiger partial charge on any atom is -0.350 e. The summed E-state index contributed by atoms with van der Waals surface area (Å²) in [6, 6.07) is 12.9. The van der Waals surface area contributed by atoms with Gasteiger partial charge in [0.25, 0.3) is 11.8 Å². The number of nitrogens with one attached hydrogen (secondary N) is 1. The molecule has 1 N–H and O–H groups in total.